The van der Waals surface area contributed by atoms with Gasteiger partial charge in [0.15, 0.2) is 0 Å². The molecule has 132 valence electrons. The fourth-order valence-electron chi connectivity index (χ4n) is 2.77. The Hall–Kier alpha value is -2.12. The monoisotopic (exact) mass is 382 g/mol. The Morgan fingerprint density at radius 1 is 1.28 bits per heavy atom. The average molecular weight is 383 g/mol. The van der Waals surface area contributed by atoms with Crippen molar-refractivity contribution in [2.45, 2.75) is 24.7 Å². The van der Waals surface area contributed by atoms with E-state index < -0.39 is 15.8 Å². The van der Waals surface area contributed by atoms with Crippen molar-refractivity contribution in [3.05, 3.63) is 52.8 Å². The minimum atomic E-state index is -3.84. The second kappa shape index (κ2) is 6.65. The smallest absolute Gasteiger partial charge is 0.261 e. The molecule has 2 aromatic rings. The third-order valence-corrected chi connectivity index (χ3v) is 5.70. The number of carbonyl (C=O) groups excluding carboxylic acids is 1. The van der Waals surface area contributed by atoms with Crippen LogP contribution in [0.3, 0.4) is 0 Å². The number of sulfonamides is 1. The molecule has 0 saturated carbocycles. The zero-order valence-electron chi connectivity index (χ0n) is 13.4. The highest BCUT2D eigenvalue weighted by molar-refractivity contribution is 7.92. The average Bonchev–Trinajstić information content (AvgIpc) is 3.00. The Balaban J connectivity index is 1.89. The van der Waals surface area contributed by atoms with Gasteiger partial charge < -0.3 is 4.90 Å². The molecule has 0 aliphatic carbocycles. The van der Waals surface area contributed by atoms with Crippen LogP contribution in [0.4, 0.5) is 15.8 Å². The van der Waals surface area contributed by atoms with Crippen molar-refractivity contribution in [2.75, 3.05) is 16.2 Å². The lowest BCUT2D eigenvalue weighted by Crippen LogP contribution is -2.27. The molecule has 0 unspecified atom stereocenters. The van der Waals surface area contributed by atoms with Crippen LogP contribution in [-0.4, -0.2) is 20.9 Å². The number of fused-ring (bicyclic) bond motifs is 1. The lowest BCUT2D eigenvalue weighted by molar-refractivity contribution is -0.118. The minimum absolute atomic E-state index is 0.00781. The molecule has 3 rings (SSSR count). The van der Waals surface area contributed by atoms with Gasteiger partial charge in [0.25, 0.3) is 10.0 Å². The van der Waals surface area contributed by atoms with E-state index in [0.717, 1.165) is 17.3 Å². The number of anilines is 2. The summed E-state index contributed by atoms with van der Waals surface area (Å²) in [7, 11) is -3.84. The molecule has 1 heterocycles. The van der Waals surface area contributed by atoms with Crippen LogP contribution in [-0.2, 0) is 21.2 Å². The second-order valence-corrected chi connectivity index (χ2v) is 7.76. The fraction of sp³-hybridized carbons (Fsp3) is 0.235. The van der Waals surface area contributed by atoms with Gasteiger partial charge in [0.2, 0.25) is 5.91 Å². The van der Waals surface area contributed by atoms with Crippen molar-refractivity contribution >= 4 is 38.9 Å². The Labute approximate surface area is 150 Å². The van der Waals surface area contributed by atoms with Crippen molar-refractivity contribution in [1.29, 1.82) is 0 Å². The number of carbonyl (C=O) groups is 1. The maximum absolute atomic E-state index is 13.2. The highest BCUT2D eigenvalue weighted by Crippen LogP contribution is 2.31. The normalized spacial score (nSPS) is 13.6. The summed E-state index contributed by atoms with van der Waals surface area (Å²) >= 11 is 5.68. The molecular weight excluding hydrogens is 367 g/mol. The van der Waals surface area contributed by atoms with Gasteiger partial charge >= 0.3 is 0 Å². The molecule has 0 aromatic heterocycles. The molecule has 1 N–H and O–H groups in total. The molecular formula is C17H16ClFN2O3S. The van der Waals surface area contributed by atoms with Crippen LogP contribution in [0.2, 0.25) is 5.02 Å². The summed E-state index contributed by atoms with van der Waals surface area (Å²) in [5, 5.41) is -0.164. The van der Waals surface area contributed by atoms with Crippen molar-refractivity contribution < 1.29 is 17.6 Å². The first kappa shape index (κ1) is 17.7. The number of nitrogens with zero attached hydrogens (tertiary/aromatic N) is 1. The molecule has 2 aromatic carbocycles. The van der Waals surface area contributed by atoms with Gasteiger partial charge in [-0.1, -0.05) is 18.5 Å². The zero-order valence-corrected chi connectivity index (χ0v) is 15.0. The Bertz CT molecular complexity index is 947. The van der Waals surface area contributed by atoms with Crippen LogP contribution < -0.4 is 9.62 Å². The number of hydrogen-bond acceptors (Lipinski definition) is 3. The van der Waals surface area contributed by atoms with E-state index in [9.17, 15) is 17.6 Å². The molecule has 5 nitrogen and oxygen atoms in total. The number of halogens is 2. The number of amides is 1. The summed E-state index contributed by atoms with van der Waals surface area (Å²) in [5.41, 5.74) is 1.73. The molecule has 0 atom stereocenters. The predicted octanol–water partition coefficient (Wildman–Crippen LogP) is 3.58. The minimum Gasteiger partial charge on any atom is -0.312 e. The topological polar surface area (TPSA) is 66.5 Å². The molecule has 0 saturated heterocycles. The van der Waals surface area contributed by atoms with E-state index in [1.54, 1.807) is 24.0 Å². The maximum atomic E-state index is 13.2. The van der Waals surface area contributed by atoms with E-state index in [0.29, 0.717) is 19.4 Å². The molecule has 1 amide bonds. The van der Waals surface area contributed by atoms with Gasteiger partial charge in [0, 0.05) is 18.7 Å². The Morgan fingerprint density at radius 2 is 2.04 bits per heavy atom. The van der Waals surface area contributed by atoms with E-state index >= 15 is 0 Å². The Morgan fingerprint density at radius 3 is 2.72 bits per heavy atom. The molecule has 0 fully saturated rings. The van der Waals surface area contributed by atoms with Gasteiger partial charge in [0.1, 0.15) is 5.82 Å². The fourth-order valence-corrected chi connectivity index (χ4v) is 4.05. The first-order chi connectivity index (χ1) is 11.8. The van der Waals surface area contributed by atoms with Crippen LogP contribution in [0, 0.1) is 5.82 Å². The molecule has 0 bridgehead atoms. The summed E-state index contributed by atoms with van der Waals surface area (Å²) < 4.78 is 40.7. The number of hydrogen-bond donors (Lipinski definition) is 1. The number of benzene rings is 2. The SMILES string of the molecule is CCC(=O)N1CCc2cc(S(=O)(=O)Nc3ccc(F)c(Cl)c3)ccc21. The van der Waals surface area contributed by atoms with Gasteiger partial charge in [-0.25, -0.2) is 12.8 Å². The van der Waals surface area contributed by atoms with Gasteiger partial charge in [0.05, 0.1) is 15.6 Å². The van der Waals surface area contributed by atoms with Crippen LogP contribution in [0.15, 0.2) is 41.3 Å². The number of nitrogens with one attached hydrogen (secondary N) is 1. The predicted molar refractivity (Wildman–Crippen MR) is 95.0 cm³/mol. The van der Waals surface area contributed by atoms with E-state index in [1.165, 1.54) is 18.2 Å². The lowest BCUT2D eigenvalue weighted by atomic mass is 10.2. The molecule has 1 aliphatic heterocycles. The second-order valence-electron chi connectivity index (χ2n) is 5.67. The van der Waals surface area contributed by atoms with Gasteiger partial charge in [-0.05, 0) is 48.4 Å². The standard InChI is InChI=1S/C17H16ClFN2O3S/c1-2-17(22)21-8-7-11-9-13(4-6-16(11)21)25(23,24)20-12-3-5-15(19)14(18)10-12/h3-6,9-10,20H,2,7-8H2,1H3. The first-order valence-corrected chi connectivity index (χ1v) is 9.59. The molecule has 1 aliphatic rings. The molecule has 0 radical (unpaired) electrons. The van der Waals surface area contributed by atoms with Crippen molar-refractivity contribution in [2.24, 2.45) is 0 Å². The lowest BCUT2D eigenvalue weighted by Gasteiger charge is -2.16. The van der Waals surface area contributed by atoms with E-state index in [1.807, 2.05) is 0 Å². The van der Waals surface area contributed by atoms with E-state index in [4.69, 9.17) is 11.6 Å². The highest BCUT2D eigenvalue weighted by atomic mass is 35.5. The van der Waals surface area contributed by atoms with Crippen LogP contribution in [0.25, 0.3) is 0 Å². The van der Waals surface area contributed by atoms with Crippen LogP contribution >= 0.6 is 11.6 Å². The van der Waals surface area contributed by atoms with Crippen molar-refractivity contribution in [3.63, 3.8) is 0 Å². The third kappa shape index (κ3) is 3.48. The van der Waals surface area contributed by atoms with Crippen molar-refractivity contribution in [1.82, 2.24) is 0 Å². The maximum Gasteiger partial charge on any atom is 0.261 e. The van der Waals surface area contributed by atoms with Gasteiger partial charge in [-0.3, -0.25) is 9.52 Å². The molecule has 0 spiro atoms. The van der Waals surface area contributed by atoms with E-state index in [2.05, 4.69) is 4.72 Å². The van der Waals surface area contributed by atoms with Crippen LogP contribution in [0.5, 0.6) is 0 Å². The highest BCUT2D eigenvalue weighted by Gasteiger charge is 2.25. The largest absolute Gasteiger partial charge is 0.312 e. The van der Waals surface area contributed by atoms with Crippen molar-refractivity contribution in [3.8, 4) is 0 Å². The van der Waals surface area contributed by atoms with Gasteiger partial charge in [-0.15, -0.1) is 0 Å². The summed E-state index contributed by atoms with van der Waals surface area (Å²) in [5.74, 6) is -0.615. The van der Waals surface area contributed by atoms with E-state index in [-0.39, 0.29) is 21.5 Å². The quantitative estimate of drug-likeness (QED) is 0.878. The number of rotatable bonds is 4. The third-order valence-electron chi connectivity index (χ3n) is 4.03. The zero-order chi connectivity index (χ0) is 18.2. The van der Waals surface area contributed by atoms with Crippen LogP contribution in [0.1, 0.15) is 18.9 Å². The molecule has 25 heavy (non-hydrogen) atoms. The summed E-state index contributed by atoms with van der Waals surface area (Å²) in [6.07, 6.45) is 0.999. The summed E-state index contributed by atoms with van der Waals surface area (Å²) in [6, 6.07) is 8.26. The summed E-state index contributed by atoms with van der Waals surface area (Å²) in [6.45, 7) is 2.34. The first-order valence-electron chi connectivity index (χ1n) is 7.73. The van der Waals surface area contributed by atoms with Gasteiger partial charge in [-0.2, -0.15) is 0 Å². The summed E-state index contributed by atoms with van der Waals surface area (Å²) in [4.78, 5) is 13.7. The molecule has 8 heteroatoms. The Kier molecular flexibility index (Phi) is 4.71.